The second-order valence-electron chi connectivity index (χ2n) is 3.59. The van der Waals surface area contributed by atoms with Crippen LogP contribution < -0.4 is 0 Å². The number of rotatable bonds is 2. The molecule has 0 saturated heterocycles. The van der Waals surface area contributed by atoms with E-state index in [4.69, 9.17) is 9.36 Å². The minimum absolute atomic E-state index is 0.283. The summed E-state index contributed by atoms with van der Waals surface area (Å²) in [4.78, 5) is 9.45. The number of benzene rings is 1. The molecule has 0 amide bonds. The smallest absolute Gasteiger partial charge is 0.271 e. The average Bonchev–Trinajstić information content (AvgIpc) is 2.98. The van der Waals surface area contributed by atoms with E-state index in [0.717, 1.165) is 10.2 Å². The van der Waals surface area contributed by atoms with Crippen LogP contribution in [0.1, 0.15) is 18.4 Å². The first-order chi connectivity index (χ1) is 8.33. The van der Waals surface area contributed by atoms with Crippen molar-refractivity contribution in [3.05, 3.63) is 36.2 Å². The van der Waals surface area contributed by atoms with E-state index in [1.54, 1.807) is 0 Å². The van der Waals surface area contributed by atoms with Gasteiger partial charge < -0.3 is 9.36 Å². The molecule has 17 heavy (non-hydrogen) atoms. The molecule has 86 valence electrons. The summed E-state index contributed by atoms with van der Waals surface area (Å²) in [7, 11) is 0. The molecule has 1 atom stereocenters. The van der Waals surface area contributed by atoms with Crippen molar-refractivity contribution in [1.29, 1.82) is 0 Å². The molecule has 1 aliphatic rings. The Hall–Kier alpha value is -1.69. The summed E-state index contributed by atoms with van der Waals surface area (Å²) in [6, 6.07) is 9.65. The van der Waals surface area contributed by atoms with Crippen LogP contribution in [-0.2, 0) is 4.84 Å². The number of aromatic nitrogens is 2. The van der Waals surface area contributed by atoms with Gasteiger partial charge in [-0.2, -0.15) is 4.98 Å². The lowest BCUT2D eigenvalue weighted by Gasteiger charge is -1.99. The Morgan fingerprint density at radius 2 is 2.06 bits per heavy atom. The third kappa shape index (κ3) is 2.08. The Kier molecular flexibility index (Phi) is 2.64. The van der Waals surface area contributed by atoms with Crippen molar-refractivity contribution in [2.45, 2.75) is 12.5 Å². The fourth-order valence-corrected chi connectivity index (χ4v) is 1.93. The van der Waals surface area contributed by atoms with Crippen LogP contribution >= 0.6 is 15.9 Å². The Balaban J connectivity index is 1.84. The molecule has 0 aliphatic carbocycles. The molecule has 1 unspecified atom stereocenters. The van der Waals surface area contributed by atoms with Gasteiger partial charge in [0.2, 0.25) is 11.9 Å². The fourth-order valence-electron chi connectivity index (χ4n) is 1.55. The van der Waals surface area contributed by atoms with Gasteiger partial charge in [-0.3, -0.25) is 0 Å². The second kappa shape index (κ2) is 4.29. The van der Waals surface area contributed by atoms with E-state index in [1.807, 2.05) is 30.3 Å². The molecule has 0 fully saturated rings. The molecule has 0 N–H and O–H groups in total. The molecular formula is C11H8BrN3O2. The SMILES string of the molecule is BrC1=NOC(c2nc(-c3ccccc3)no2)C1. The average molecular weight is 294 g/mol. The maximum atomic E-state index is 5.17. The summed E-state index contributed by atoms with van der Waals surface area (Å²) in [5.41, 5.74) is 0.917. The highest BCUT2D eigenvalue weighted by molar-refractivity contribution is 9.18. The maximum Gasteiger partial charge on any atom is 0.271 e. The number of hydrogen-bond acceptors (Lipinski definition) is 5. The highest BCUT2D eigenvalue weighted by Gasteiger charge is 2.27. The zero-order chi connectivity index (χ0) is 11.7. The molecular weight excluding hydrogens is 286 g/mol. The predicted molar refractivity (Wildman–Crippen MR) is 64.5 cm³/mol. The summed E-state index contributed by atoms with van der Waals surface area (Å²) in [5.74, 6) is 1.01. The molecule has 3 rings (SSSR count). The molecule has 0 spiro atoms. The Morgan fingerprint density at radius 3 is 2.76 bits per heavy atom. The summed E-state index contributed by atoms with van der Waals surface area (Å²) in [5, 5.41) is 7.71. The molecule has 0 radical (unpaired) electrons. The first-order valence-electron chi connectivity index (χ1n) is 5.10. The van der Waals surface area contributed by atoms with Gasteiger partial charge >= 0.3 is 0 Å². The number of oxime groups is 1. The van der Waals surface area contributed by atoms with Gasteiger partial charge in [0, 0.05) is 12.0 Å². The van der Waals surface area contributed by atoms with E-state index < -0.39 is 0 Å². The highest BCUT2D eigenvalue weighted by atomic mass is 79.9. The van der Waals surface area contributed by atoms with Crippen molar-refractivity contribution < 1.29 is 9.36 Å². The van der Waals surface area contributed by atoms with E-state index in [0.29, 0.717) is 18.1 Å². The Bertz CT molecular complexity index is 553. The van der Waals surface area contributed by atoms with Gasteiger partial charge in [-0.15, -0.1) is 0 Å². The van der Waals surface area contributed by atoms with Gasteiger partial charge in [0.1, 0.15) is 4.62 Å². The molecule has 1 aliphatic heterocycles. The van der Waals surface area contributed by atoms with Crippen LogP contribution in [0.25, 0.3) is 11.4 Å². The molecule has 1 aromatic carbocycles. The molecule has 6 heteroatoms. The van der Waals surface area contributed by atoms with E-state index in [1.165, 1.54) is 0 Å². The molecule has 1 aromatic heterocycles. The van der Waals surface area contributed by atoms with E-state index in [-0.39, 0.29) is 6.10 Å². The second-order valence-corrected chi connectivity index (χ2v) is 4.50. The zero-order valence-electron chi connectivity index (χ0n) is 8.71. The lowest BCUT2D eigenvalue weighted by Crippen LogP contribution is -1.97. The highest BCUT2D eigenvalue weighted by Crippen LogP contribution is 2.29. The fraction of sp³-hybridized carbons (Fsp3) is 0.182. The molecule has 0 saturated carbocycles. The van der Waals surface area contributed by atoms with E-state index in [9.17, 15) is 0 Å². The molecule has 2 aromatic rings. The largest absolute Gasteiger partial charge is 0.381 e. The van der Waals surface area contributed by atoms with Crippen LogP contribution in [0.4, 0.5) is 0 Å². The molecule has 0 bridgehead atoms. The third-order valence-electron chi connectivity index (χ3n) is 2.38. The standard InChI is InChI=1S/C11H8BrN3O2/c12-9-6-8(16-14-9)11-13-10(15-17-11)7-4-2-1-3-5-7/h1-5,8H,6H2. The van der Waals surface area contributed by atoms with Crippen LogP contribution in [0.15, 0.2) is 40.0 Å². The van der Waals surface area contributed by atoms with Gasteiger partial charge in [0.25, 0.3) is 5.89 Å². The molecule has 5 nitrogen and oxygen atoms in total. The van der Waals surface area contributed by atoms with Crippen LogP contribution in [0.2, 0.25) is 0 Å². The van der Waals surface area contributed by atoms with Crippen LogP contribution in [-0.4, -0.2) is 14.8 Å². The number of halogens is 1. The van der Waals surface area contributed by atoms with E-state index >= 15 is 0 Å². The summed E-state index contributed by atoms with van der Waals surface area (Å²) < 4.78 is 5.92. The normalized spacial score (nSPS) is 18.9. The first kappa shape index (κ1) is 10.5. The summed E-state index contributed by atoms with van der Waals surface area (Å²) in [6.45, 7) is 0. The predicted octanol–water partition coefficient (Wildman–Crippen LogP) is 2.91. The maximum absolute atomic E-state index is 5.17. The number of hydrogen-bond donors (Lipinski definition) is 0. The van der Waals surface area contributed by atoms with Crippen molar-refractivity contribution in [2.75, 3.05) is 0 Å². The topological polar surface area (TPSA) is 60.5 Å². The third-order valence-corrected chi connectivity index (χ3v) is 2.85. The van der Waals surface area contributed by atoms with Gasteiger partial charge in [0.15, 0.2) is 0 Å². The van der Waals surface area contributed by atoms with Crippen LogP contribution in [0, 0.1) is 0 Å². The monoisotopic (exact) mass is 293 g/mol. The zero-order valence-corrected chi connectivity index (χ0v) is 10.3. The van der Waals surface area contributed by atoms with Gasteiger partial charge in [-0.05, 0) is 15.9 Å². The quantitative estimate of drug-likeness (QED) is 0.854. The van der Waals surface area contributed by atoms with Gasteiger partial charge in [-0.1, -0.05) is 40.6 Å². The minimum atomic E-state index is -0.283. The summed E-state index contributed by atoms with van der Waals surface area (Å²) >= 11 is 3.26. The van der Waals surface area contributed by atoms with Gasteiger partial charge in [-0.25, -0.2) is 0 Å². The lowest BCUT2D eigenvalue weighted by molar-refractivity contribution is 0.0599. The Morgan fingerprint density at radius 1 is 1.24 bits per heavy atom. The summed E-state index contributed by atoms with van der Waals surface area (Å²) in [6.07, 6.45) is 0.338. The molecule has 2 heterocycles. The van der Waals surface area contributed by atoms with E-state index in [2.05, 4.69) is 31.2 Å². The van der Waals surface area contributed by atoms with Crippen molar-refractivity contribution in [2.24, 2.45) is 5.16 Å². The number of nitrogens with zero attached hydrogens (tertiary/aromatic N) is 3. The van der Waals surface area contributed by atoms with Crippen molar-refractivity contribution in [1.82, 2.24) is 10.1 Å². The lowest BCUT2D eigenvalue weighted by atomic mass is 10.2. The van der Waals surface area contributed by atoms with Gasteiger partial charge in [0.05, 0.1) is 0 Å². The van der Waals surface area contributed by atoms with Crippen molar-refractivity contribution >= 4 is 20.6 Å². The first-order valence-corrected chi connectivity index (χ1v) is 5.89. The van der Waals surface area contributed by atoms with Crippen LogP contribution in [0.5, 0.6) is 0 Å². The minimum Gasteiger partial charge on any atom is -0.381 e. The van der Waals surface area contributed by atoms with Crippen molar-refractivity contribution in [3.63, 3.8) is 0 Å². The Labute approximate surface area is 106 Å². The van der Waals surface area contributed by atoms with Crippen molar-refractivity contribution in [3.8, 4) is 11.4 Å². The van der Waals surface area contributed by atoms with Crippen LogP contribution in [0.3, 0.4) is 0 Å².